The summed E-state index contributed by atoms with van der Waals surface area (Å²) in [6, 6.07) is 13.8. The maximum Gasteiger partial charge on any atom is 0.266 e. The number of phenolic OH excluding ortho intramolecular Hbond substituents is 1. The summed E-state index contributed by atoms with van der Waals surface area (Å²) < 4.78 is 0.692. The third kappa shape index (κ3) is 2.80. The van der Waals surface area contributed by atoms with Crippen molar-refractivity contribution in [2.24, 2.45) is 5.92 Å². The lowest BCUT2D eigenvalue weighted by atomic mass is 9.94. The number of fused-ring (bicyclic) bond motifs is 3. The predicted molar refractivity (Wildman–Crippen MR) is 110 cm³/mol. The second-order valence-electron chi connectivity index (χ2n) is 6.91. The summed E-state index contributed by atoms with van der Waals surface area (Å²) in [4.78, 5) is 15.2. The molecule has 0 saturated heterocycles. The van der Waals surface area contributed by atoms with Gasteiger partial charge in [-0.3, -0.25) is 4.79 Å². The molecule has 1 atom stereocenters. The summed E-state index contributed by atoms with van der Waals surface area (Å²) in [5.74, 6) is 0.883. The number of hydrogen-bond acceptors (Lipinski definition) is 3. The Morgan fingerprint density at radius 3 is 2.62 bits per heavy atom. The molecule has 0 aliphatic carbocycles. The Hall–Kier alpha value is -2.59. The number of benzene rings is 2. The van der Waals surface area contributed by atoms with E-state index in [1.807, 2.05) is 11.4 Å². The zero-order valence-electron chi connectivity index (χ0n) is 14.9. The molecular formula is C22H21NO2S. The van der Waals surface area contributed by atoms with E-state index in [9.17, 15) is 9.90 Å². The molecule has 4 rings (SSSR count). The minimum Gasteiger partial charge on any atom is -0.507 e. The van der Waals surface area contributed by atoms with Crippen LogP contribution in [0.3, 0.4) is 0 Å². The molecular weight excluding hydrogens is 342 g/mol. The first-order valence-corrected chi connectivity index (χ1v) is 9.81. The Bertz CT molecular complexity index is 1140. The van der Waals surface area contributed by atoms with Gasteiger partial charge in [-0.1, -0.05) is 44.5 Å². The number of rotatable bonds is 4. The van der Waals surface area contributed by atoms with Gasteiger partial charge in [0.25, 0.3) is 5.56 Å². The Morgan fingerprint density at radius 2 is 1.88 bits per heavy atom. The summed E-state index contributed by atoms with van der Waals surface area (Å²) in [6.07, 6.45) is 2.22. The molecule has 3 nitrogen and oxygen atoms in total. The van der Waals surface area contributed by atoms with E-state index in [0.29, 0.717) is 10.6 Å². The number of pyridine rings is 1. The summed E-state index contributed by atoms with van der Waals surface area (Å²) in [5.41, 5.74) is 3.70. The van der Waals surface area contributed by atoms with Crippen molar-refractivity contribution < 1.29 is 5.11 Å². The highest BCUT2D eigenvalue weighted by Crippen LogP contribution is 2.39. The lowest BCUT2D eigenvalue weighted by Gasteiger charge is -2.12. The van der Waals surface area contributed by atoms with Gasteiger partial charge in [0.15, 0.2) is 0 Å². The molecule has 0 bridgehead atoms. The van der Waals surface area contributed by atoms with Crippen LogP contribution in [0.5, 0.6) is 5.75 Å². The Labute approximate surface area is 155 Å². The highest BCUT2D eigenvalue weighted by Gasteiger charge is 2.15. The van der Waals surface area contributed by atoms with Gasteiger partial charge < -0.3 is 10.1 Å². The van der Waals surface area contributed by atoms with E-state index >= 15 is 0 Å². The highest BCUT2D eigenvalue weighted by molar-refractivity contribution is 7.17. The van der Waals surface area contributed by atoms with Crippen LogP contribution in [0.4, 0.5) is 0 Å². The maximum absolute atomic E-state index is 12.3. The monoisotopic (exact) mass is 363 g/mol. The van der Waals surface area contributed by atoms with Crippen molar-refractivity contribution in [3.8, 4) is 16.9 Å². The number of aromatic hydroxyl groups is 1. The second-order valence-corrected chi connectivity index (χ2v) is 7.83. The van der Waals surface area contributed by atoms with E-state index in [1.165, 1.54) is 16.9 Å². The molecule has 2 aromatic heterocycles. The first kappa shape index (κ1) is 16.9. The van der Waals surface area contributed by atoms with Gasteiger partial charge in [-0.2, -0.15) is 0 Å². The number of H-pyrrole nitrogens is 1. The normalized spacial score (nSPS) is 12.7. The van der Waals surface area contributed by atoms with Crippen molar-refractivity contribution in [3.05, 3.63) is 63.8 Å². The van der Waals surface area contributed by atoms with Gasteiger partial charge in [-0.05, 0) is 47.0 Å². The highest BCUT2D eigenvalue weighted by atomic mass is 32.1. The number of phenols is 1. The molecule has 0 radical (unpaired) electrons. The minimum absolute atomic E-state index is 0.0805. The number of aromatic nitrogens is 1. The summed E-state index contributed by atoms with van der Waals surface area (Å²) in [5, 5.41) is 14.3. The second kappa shape index (κ2) is 6.61. The van der Waals surface area contributed by atoms with E-state index < -0.39 is 0 Å². The van der Waals surface area contributed by atoms with Crippen LogP contribution in [0.15, 0.2) is 52.6 Å². The average Bonchev–Trinajstić information content (AvgIpc) is 3.13. The van der Waals surface area contributed by atoms with Gasteiger partial charge in [-0.15, -0.1) is 11.3 Å². The lowest BCUT2D eigenvalue weighted by Crippen LogP contribution is -2.04. The van der Waals surface area contributed by atoms with Crippen LogP contribution in [0.25, 0.3) is 32.1 Å². The fraction of sp³-hybridized carbons (Fsp3) is 0.227. The molecule has 4 heteroatoms. The first-order valence-electron chi connectivity index (χ1n) is 8.93. The van der Waals surface area contributed by atoms with Gasteiger partial charge in [0.05, 0.1) is 0 Å². The Balaban J connectivity index is 1.92. The van der Waals surface area contributed by atoms with Crippen molar-refractivity contribution >= 4 is 32.3 Å². The van der Waals surface area contributed by atoms with Crippen LogP contribution in [-0.4, -0.2) is 10.1 Å². The van der Waals surface area contributed by atoms with Gasteiger partial charge in [-0.25, -0.2) is 0 Å². The van der Waals surface area contributed by atoms with E-state index in [4.69, 9.17) is 0 Å². The Kier molecular flexibility index (Phi) is 4.29. The van der Waals surface area contributed by atoms with Gasteiger partial charge in [0.1, 0.15) is 10.4 Å². The molecule has 2 aromatic carbocycles. The van der Waals surface area contributed by atoms with Crippen molar-refractivity contribution in [2.45, 2.75) is 26.7 Å². The predicted octanol–water partition coefficient (Wildman–Crippen LogP) is 5.70. The van der Waals surface area contributed by atoms with E-state index in [0.717, 1.165) is 40.3 Å². The van der Waals surface area contributed by atoms with Crippen LogP contribution in [0.1, 0.15) is 25.8 Å². The topological polar surface area (TPSA) is 53.1 Å². The smallest absolute Gasteiger partial charge is 0.266 e. The van der Waals surface area contributed by atoms with E-state index in [1.54, 1.807) is 12.1 Å². The van der Waals surface area contributed by atoms with Crippen LogP contribution in [0, 0.1) is 5.92 Å². The SMILES string of the molecule is CCC(C)Cc1ccc(-c2c(O)ccc3[nH]c(=O)c4sccc4c23)cc1. The van der Waals surface area contributed by atoms with Gasteiger partial charge >= 0.3 is 0 Å². The molecule has 1 unspecified atom stereocenters. The summed E-state index contributed by atoms with van der Waals surface area (Å²) >= 11 is 1.42. The van der Waals surface area contributed by atoms with E-state index in [2.05, 4.69) is 43.1 Å². The average molecular weight is 363 g/mol. The standard InChI is InChI=1S/C22H21NO2S/c1-3-13(2)12-14-4-6-15(7-5-14)19-18(24)9-8-17-20(19)16-10-11-26-21(16)22(25)23-17/h4-11,13,24H,3,12H2,1-2H3,(H,23,25). The Morgan fingerprint density at radius 1 is 1.12 bits per heavy atom. The van der Waals surface area contributed by atoms with Gasteiger partial charge in [0.2, 0.25) is 0 Å². The molecule has 0 spiro atoms. The minimum atomic E-state index is -0.0805. The van der Waals surface area contributed by atoms with Crippen molar-refractivity contribution in [2.75, 3.05) is 0 Å². The van der Waals surface area contributed by atoms with E-state index in [-0.39, 0.29) is 11.3 Å². The summed E-state index contributed by atoms with van der Waals surface area (Å²) in [7, 11) is 0. The number of hydrogen-bond donors (Lipinski definition) is 2. The summed E-state index contributed by atoms with van der Waals surface area (Å²) in [6.45, 7) is 4.47. The molecule has 2 heterocycles. The number of aromatic amines is 1. The van der Waals surface area contributed by atoms with Gasteiger partial charge in [0, 0.05) is 21.9 Å². The van der Waals surface area contributed by atoms with Crippen molar-refractivity contribution in [3.63, 3.8) is 0 Å². The fourth-order valence-electron chi connectivity index (χ4n) is 3.48. The molecule has 0 fully saturated rings. The third-order valence-electron chi connectivity index (χ3n) is 5.10. The molecule has 0 aliphatic rings. The molecule has 4 aromatic rings. The first-order chi connectivity index (χ1) is 12.6. The molecule has 2 N–H and O–H groups in total. The number of thiophene rings is 1. The molecule has 26 heavy (non-hydrogen) atoms. The van der Waals surface area contributed by atoms with Crippen molar-refractivity contribution in [1.82, 2.24) is 4.98 Å². The molecule has 132 valence electrons. The fourth-order valence-corrected chi connectivity index (χ4v) is 4.28. The quantitative estimate of drug-likeness (QED) is 0.488. The maximum atomic E-state index is 12.3. The zero-order valence-corrected chi connectivity index (χ0v) is 15.7. The van der Waals surface area contributed by atoms with Crippen LogP contribution in [-0.2, 0) is 6.42 Å². The zero-order chi connectivity index (χ0) is 18.3. The third-order valence-corrected chi connectivity index (χ3v) is 6.01. The van der Waals surface area contributed by atoms with Crippen LogP contribution in [0.2, 0.25) is 0 Å². The van der Waals surface area contributed by atoms with Crippen LogP contribution >= 0.6 is 11.3 Å². The molecule has 0 amide bonds. The largest absolute Gasteiger partial charge is 0.507 e. The number of nitrogens with one attached hydrogen (secondary N) is 1. The van der Waals surface area contributed by atoms with Crippen LogP contribution < -0.4 is 5.56 Å². The molecule has 0 saturated carbocycles. The molecule has 0 aliphatic heterocycles. The van der Waals surface area contributed by atoms with Crippen molar-refractivity contribution in [1.29, 1.82) is 0 Å². The lowest BCUT2D eigenvalue weighted by molar-refractivity contribution is 0.478.